The molecule has 1 aliphatic carbocycles. The summed E-state index contributed by atoms with van der Waals surface area (Å²) in [6.45, 7) is 16.4. The van der Waals surface area contributed by atoms with Gasteiger partial charge in [-0.2, -0.15) is 0 Å². The maximum atomic E-state index is 13.2. The molecule has 34 heavy (non-hydrogen) atoms. The van der Waals surface area contributed by atoms with Crippen LogP contribution in [0.3, 0.4) is 0 Å². The summed E-state index contributed by atoms with van der Waals surface area (Å²) in [5.41, 5.74) is 1.57. The van der Waals surface area contributed by atoms with Crippen LogP contribution in [-0.4, -0.2) is 40.4 Å². The number of carbonyl (C=O) groups is 2. The average Bonchev–Trinajstić information content (AvgIpc) is 2.76. The number of amides is 2. The third kappa shape index (κ3) is 6.55. The summed E-state index contributed by atoms with van der Waals surface area (Å²) in [5.74, 6) is 0.267. The molecule has 0 saturated heterocycles. The molecule has 0 heterocycles. The van der Waals surface area contributed by atoms with Crippen LogP contribution in [0.1, 0.15) is 117 Å². The van der Waals surface area contributed by atoms with Gasteiger partial charge < -0.3 is 15.3 Å². The number of carbonyl (C=O) groups excluding carboxylic acids is 2. The van der Waals surface area contributed by atoms with Crippen LogP contribution in [0.4, 0.5) is 0 Å². The standard InChI is InChI=1S/C29H48N2O3/c1-10-29(8,26(34)30-21-14-12-11-13-15-21)31(9)24(32)17-16-20-18-22(27(2,3)4)25(33)23(19-20)28(5,6)7/h18-19,21,33H,10-17H2,1-9H3,(H,30,34). The second kappa shape index (κ2) is 10.7. The van der Waals surface area contributed by atoms with E-state index >= 15 is 0 Å². The van der Waals surface area contributed by atoms with Crippen LogP contribution in [0.15, 0.2) is 12.1 Å². The Bertz CT molecular complexity index is 837. The third-order valence-electron chi connectivity index (χ3n) is 7.65. The zero-order valence-electron chi connectivity index (χ0n) is 23.1. The Morgan fingerprint density at radius 3 is 1.91 bits per heavy atom. The fourth-order valence-corrected chi connectivity index (χ4v) is 4.81. The van der Waals surface area contributed by atoms with Gasteiger partial charge in [-0.25, -0.2) is 0 Å². The van der Waals surface area contributed by atoms with Crippen LogP contribution in [0.5, 0.6) is 5.75 Å². The van der Waals surface area contributed by atoms with E-state index in [0.29, 0.717) is 25.0 Å². The average molecular weight is 473 g/mol. The highest BCUT2D eigenvalue weighted by atomic mass is 16.3. The van der Waals surface area contributed by atoms with Crippen molar-refractivity contribution in [3.05, 3.63) is 28.8 Å². The molecule has 5 nitrogen and oxygen atoms in total. The first-order valence-electron chi connectivity index (χ1n) is 13.1. The van der Waals surface area contributed by atoms with Gasteiger partial charge in [0.15, 0.2) is 0 Å². The van der Waals surface area contributed by atoms with Gasteiger partial charge in [0.05, 0.1) is 0 Å². The van der Waals surface area contributed by atoms with E-state index in [2.05, 4.69) is 46.9 Å². The van der Waals surface area contributed by atoms with Crippen LogP contribution >= 0.6 is 0 Å². The molecule has 1 aliphatic rings. The van der Waals surface area contributed by atoms with Crippen LogP contribution in [-0.2, 0) is 26.8 Å². The van der Waals surface area contributed by atoms with E-state index in [1.807, 2.05) is 26.0 Å². The number of aromatic hydroxyl groups is 1. The van der Waals surface area contributed by atoms with Gasteiger partial charge in [0, 0.05) is 19.5 Å². The topological polar surface area (TPSA) is 69.6 Å². The van der Waals surface area contributed by atoms with Crippen LogP contribution in [0.25, 0.3) is 0 Å². The first-order valence-corrected chi connectivity index (χ1v) is 13.1. The number of phenolic OH excluding ortho intramolecular Hbond substituents is 1. The van der Waals surface area contributed by atoms with E-state index in [1.165, 1.54) is 6.42 Å². The molecule has 1 saturated carbocycles. The van der Waals surface area contributed by atoms with Crippen LogP contribution in [0, 0.1) is 0 Å². The maximum Gasteiger partial charge on any atom is 0.245 e. The van der Waals surface area contributed by atoms with Crippen molar-refractivity contribution in [2.24, 2.45) is 0 Å². The summed E-state index contributed by atoms with van der Waals surface area (Å²) in [5, 5.41) is 14.2. The number of rotatable bonds is 7. The molecule has 2 N–H and O–H groups in total. The van der Waals surface area contributed by atoms with Gasteiger partial charge in [-0.05, 0) is 60.1 Å². The quantitative estimate of drug-likeness (QED) is 0.512. The number of hydrogen-bond acceptors (Lipinski definition) is 3. The summed E-state index contributed by atoms with van der Waals surface area (Å²) < 4.78 is 0. The second-order valence-electron chi connectivity index (χ2n) is 12.4. The third-order valence-corrected chi connectivity index (χ3v) is 7.65. The van der Waals surface area contributed by atoms with Crippen molar-refractivity contribution >= 4 is 11.8 Å². The molecule has 2 rings (SSSR count). The second-order valence-corrected chi connectivity index (χ2v) is 12.4. The highest BCUT2D eigenvalue weighted by molar-refractivity contribution is 5.91. The van der Waals surface area contributed by atoms with Crippen molar-refractivity contribution in [1.29, 1.82) is 0 Å². The summed E-state index contributed by atoms with van der Waals surface area (Å²) in [6, 6.07) is 4.29. The lowest BCUT2D eigenvalue weighted by Crippen LogP contribution is -2.58. The fourth-order valence-electron chi connectivity index (χ4n) is 4.81. The van der Waals surface area contributed by atoms with Gasteiger partial charge in [-0.15, -0.1) is 0 Å². The van der Waals surface area contributed by atoms with E-state index in [1.54, 1.807) is 11.9 Å². The molecule has 0 bridgehead atoms. The SMILES string of the molecule is CCC(C)(C(=O)NC1CCCCC1)N(C)C(=O)CCc1cc(C(C)(C)C)c(O)c(C(C)(C)C)c1. The lowest BCUT2D eigenvalue weighted by atomic mass is 9.78. The fraction of sp³-hybridized carbons (Fsp3) is 0.724. The van der Waals surface area contributed by atoms with E-state index in [9.17, 15) is 14.7 Å². The Morgan fingerprint density at radius 2 is 1.47 bits per heavy atom. The molecular formula is C29H48N2O3. The van der Waals surface area contributed by atoms with Gasteiger partial charge in [-0.1, -0.05) is 79.9 Å². The van der Waals surface area contributed by atoms with E-state index in [0.717, 1.165) is 42.4 Å². The van der Waals surface area contributed by atoms with E-state index < -0.39 is 5.54 Å². The molecule has 0 spiro atoms. The minimum absolute atomic E-state index is 0.0363. The number of nitrogens with one attached hydrogen (secondary N) is 1. The van der Waals surface area contributed by atoms with E-state index in [4.69, 9.17) is 0 Å². The summed E-state index contributed by atoms with van der Waals surface area (Å²) >= 11 is 0. The number of phenols is 1. The minimum Gasteiger partial charge on any atom is -0.507 e. The van der Waals surface area contributed by atoms with Crippen molar-refractivity contribution < 1.29 is 14.7 Å². The molecule has 1 fully saturated rings. The summed E-state index contributed by atoms with van der Waals surface area (Å²) in [7, 11) is 1.75. The highest BCUT2D eigenvalue weighted by Crippen LogP contribution is 2.40. The Kier molecular flexibility index (Phi) is 8.88. The van der Waals surface area contributed by atoms with Gasteiger partial charge in [0.25, 0.3) is 0 Å². The molecule has 1 atom stereocenters. The zero-order valence-corrected chi connectivity index (χ0v) is 23.1. The number of aryl methyl sites for hydroxylation is 1. The van der Waals surface area contributed by atoms with Crippen LogP contribution < -0.4 is 5.32 Å². The number of benzene rings is 1. The van der Waals surface area contributed by atoms with Crippen LogP contribution in [0.2, 0.25) is 0 Å². The van der Waals surface area contributed by atoms with Crippen molar-refractivity contribution in [2.75, 3.05) is 7.05 Å². The first-order chi connectivity index (χ1) is 15.6. The molecule has 0 aliphatic heterocycles. The lowest BCUT2D eigenvalue weighted by molar-refractivity contribution is -0.145. The van der Waals surface area contributed by atoms with Gasteiger partial charge in [-0.3, -0.25) is 9.59 Å². The van der Waals surface area contributed by atoms with E-state index in [-0.39, 0.29) is 28.7 Å². The monoisotopic (exact) mass is 472 g/mol. The maximum absolute atomic E-state index is 13.2. The number of nitrogens with zero attached hydrogens (tertiary/aromatic N) is 1. The Morgan fingerprint density at radius 1 is 0.971 bits per heavy atom. The molecule has 192 valence electrons. The molecular weight excluding hydrogens is 424 g/mol. The highest BCUT2D eigenvalue weighted by Gasteiger charge is 2.39. The normalized spacial score (nSPS) is 17.2. The first kappa shape index (κ1) is 28.2. The summed E-state index contributed by atoms with van der Waals surface area (Å²) in [6.07, 6.45) is 7.05. The molecule has 2 amide bonds. The minimum atomic E-state index is -0.864. The largest absolute Gasteiger partial charge is 0.507 e. The predicted octanol–water partition coefficient (Wildman–Crippen LogP) is 6.00. The molecule has 1 unspecified atom stereocenters. The van der Waals surface area contributed by atoms with Crippen molar-refractivity contribution in [3.63, 3.8) is 0 Å². The molecule has 5 heteroatoms. The molecule has 0 radical (unpaired) electrons. The molecule has 1 aromatic carbocycles. The Hall–Kier alpha value is -2.04. The number of likely N-dealkylation sites (N-methyl/N-ethyl adjacent to an activating group) is 1. The molecule has 0 aromatic heterocycles. The van der Waals surface area contributed by atoms with Crippen molar-refractivity contribution in [1.82, 2.24) is 10.2 Å². The molecule has 1 aromatic rings. The van der Waals surface area contributed by atoms with Crippen molar-refractivity contribution in [2.45, 2.75) is 129 Å². The van der Waals surface area contributed by atoms with Crippen molar-refractivity contribution in [3.8, 4) is 5.75 Å². The lowest BCUT2D eigenvalue weighted by Gasteiger charge is -2.38. The predicted molar refractivity (Wildman–Crippen MR) is 140 cm³/mol. The Balaban J connectivity index is 2.19. The van der Waals surface area contributed by atoms with Gasteiger partial charge in [0.1, 0.15) is 11.3 Å². The van der Waals surface area contributed by atoms with Gasteiger partial charge in [0.2, 0.25) is 11.8 Å². The smallest absolute Gasteiger partial charge is 0.245 e. The van der Waals surface area contributed by atoms with Gasteiger partial charge >= 0.3 is 0 Å². The summed E-state index contributed by atoms with van der Waals surface area (Å²) in [4.78, 5) is 28.1. The Labute approximate surface area is 207 Å². The number of hydrogen-bond donors (Lipinski definition) is 2. The zero-order chi connectivity index (χ0) is 25.9.